The number of nitrogens with one attached hydrogen (secondary N) is 1. The van der Waals surface area contributed by atoms with Gasteiger partial charge in [0.1, 0.15) is 6.04 Å². The van der Waals surface area contributed by atoms with Crippen LogP contribution in [0.1, 0.15) is 18.5 Å². The summed E-state index contributed by atoms with van der Waals surface area (Å²) in [5, 5.41) is 14.0. The number of benzene rings is 1. The van der Waals surface area contributed by atoms with Crippen LogP contribution in [0.25, 0.3) is 0 Å². The highest BCUT2D eigenvalue weighted by atomic mass is 19.2. The Morgan fingerprint density at radius 2 is 2.14 bits per heavy atom. The van der Waals surface area contributed by atoms with Gasteiger partial charge in [-0.2, -0.15) is 4.68 Å². The molecule has 0 fully saturated rings. The summed E-state index contributed by atoms with van der Waals surface area (Å²) in [4.78, 5) is 12.1. The van der Waals surface area contributed by atoms with E-state index in [0.29, 0.717) is 17.2 Å². The standard InChI is InChI=1S/C13H11F2N5O2/c1-6-10(12(21)22-2)11(20-13(16-6)17-18-19-20)7-3-4-8(14)9(15)5-7/h3-5,11H,1-2H3,(H,16,17,19). The van der Waals surface area contributed by atoms with Crippen LogP contribution in [0.15, 0.2) is 29.5 Å². The van der Waals surface area contributed by atoms with Gasteiger partial charge < -0.3 is 10.1 Å². The molecular formula is C13H11F2N5O2. The van der Waals surface area contributed by atoms with Crippen LogP contribution < -0.4 is 5.32 Å². The first kappa shape index (κ1) is 14.1. The van der Waals surface area contributed by atoms with Gasteiger partial charge in [-0.3, -0.25) is 0 Å². The highest BCUT2D eigenvalue weighted by Crippen LogP contribution is 2.35. The third kappa shape index (κ3) is 2.10. The number of allylic oxidation sites excluding steroid dienone is 1. The minimum absolute atomic E-state index is 0.216. The van der Waals surface area contributed by atoms with E-state index in [0.717, 1.165) is 12.1 Å². The third-order valence-electron chi connectivity index (χ3n) is 3.38. The fourth-order valence-corrected chi connectivity index (χ4v) is 2.38. The number of anilines is 1. The number of hydrogen-bond donors (Lipinski definition) is 1. The predicted octanol–water partition coefficient (Wildman–Crippen LogP) is 1.41. The highest BCUT2D eigenvalue weighted by Gasteiger charge is 2.34. The van der Waals surface area contributed by atoms with Crippen molar-refractivity contribution < 1.29 is 18.3 Å². The predicted molar refractivity (Wildman–Crippen MR) is 70.7 cm³/mol. The second-order valence-corrected chi connectivity index (χ2v) is 4.68. The zero-order valence-corrected chi connectivity index (χ0v) is 11.7. The Kier molecular flexibility index (Phi) is 3.32. The van der Waals surface area contributed by atoms with Gasteiger partial charge >= 0.3 is 5.97 Å². The Labute approximate surface area is 123 Å². The summed E-state index contributed by atoms with van der Waals surface area (Å²) < 4.78 is 32.8. The molecule has 0 saturated carbocycles. The van der Waals surface area contributed by atoms with E-state index >= 15 is 0 Å². The van der Waals surface area contributed by atoms with Crippen molar-refractivity contribution in [3.05, 3.63) is 46.7 Å². The molecule has 1 N–H and O–H groups in total. The number of esters is 1. The maximum atomic E-state index is 13.6. The number of nitrogens with zero attached hydrogens (tertiary/aromatic N) is 4. The monoisotopic (exact) mass is 307 g/mol. The lowest BCUT2D eigenvalue weighted by atomic mass is 9.95. The molecule has 9 heteroatoms. The quantitative estimate of drug-likeness (QED) is 0.845. The average molecular weight is 307 g/mol. The second-order valence-electron chi connectivity index (χ2n) is 4.68. The fourth-order valence-electron chi connectivity index (χ4n) is 2.38. The fraction of sp³-hybridized carbons (Fsp3) is 0.231. The number of rotatable bonds is 2. The van der Waals surface area contributed by atoms with Crippen molar-refractivity contribution in [1.82, 2.24) is 20.2 Å². The summed E-state index contributed by atoms with van der Waals surface area (Å²) in [5.74, 6) is -2.32. The van der Waals surface area contributed by atoms with Crippen molar-refractivity contribution in [2.75, 3.05) is 12.4 Å². The molecule has 1 atom stereocenters. The summed E-state index contributed by atoms with van der Waals surface area (Å²) >= 11 is 0. The number of fused-ring (bicyclic) bond motifs is 1. The molecule has 0 aliphatic carbocycles. The molecule has 0 amide bonds. The molecule has 0 spiro atoms. The van der Waals surface area contributed by atoms with Crippen molar-refractivity contribution in [2.24, 2.45) is 0 Å². The Morgan fingerprint density at radius 1 is 1.36 bits per heavy atom. The second kappa shape index (κ2) is 5.17. The van der Waals surface area contributed by atoms with Crippen LogP contribution >= 0.6 is 0 Å². The Balaban J connectivity index is 2.20. The zero-order valence-electron chi connectivity index (χ0n) is 11.7. The van der Waals surface area contributed by atoms with E-state index < -0.39 is 23.6 Å². The number of hydrogen-bond acceptors (Lipinski definition) is 6. The summed E-state index contributed by atoms with van der Waals surface area (Å²) in [6.07, 6.45) is 0. The van der Waals surface area contributed by atoms with Gasteiger partial charge in [0, 0.05) is 5.70 Å². The van der Waals surface area contributed by atoms with Gasteiger partial charge in [0.2, 0.25) is 5.95 Å². The van der Waals surface area contributed by atoms with E-state index in [1.54, 1.807) is 6.92 Å². The van der Waals surface area contributed by atoms with E-state index in [9.17, 15) is 13.6 Å². The summed E-state index contributed by atoms with van der Waals surface area (Å²) in [6.45, 7) is 1.65. The van der Waals surface area contributed by atoms with Gasteiger partial charge in [-0.05, 0) is 35.0 Å². The molecule has 3 rings (SSSR count). The highest BCUT2D eigenvalue weighted by molar-refractivity contribution is 5.92. The maximum Gasteiger partial charge on any atom is 0.338 e. The van der Waals surface area contributed by atoms with Crippen molar-refractivity contribution in [1.29, 1.82) is 0 Å². The third-order valence-corrected chi connectivity index (χ3v) is 3.38. The van der Waals surface area contributed by atoms with E-state index in [-0.39, 0.29) is 5.57 Å². The van der Waals surface area contributed by atoms with Gasteiger partial charge in [-0.1, -0.05) is 11.2 Å². The van der Waals surface area contributed by atoms with Crippen LogP contribution in [0.3, 0.4) is 0 Å². The Hall–Kier alpha value is -2.84. The van der Waals surface area contributed by atoms with Gasteiger partial charge in [0.05, 0.1) is 12.7 Å². The molecule has 1 aliphatic heterocycles. The molecule has 114 valence electrons. The van der Waals surface area contributed by atoms with Crippen molar-refractivity contribution in [3.63, 3.8) is 0 Å². The maximum absolute atomic E-state index is 13.6. The molecule has 0 radical (unpaired) electrons. The molecule has 0 saturated heterocycles. The zero-order chi connectivity index (χ0) is 15.9. The van der Waals surface area contributed by atoms with Gasteiger partial charge in [-0.15, -0.1) is 0 Å². The number of ether oxygens (including phenoxy) is 1. The van der Waals surface area contributed by atoms with E-state index in [2.05, 4.69) is 20.8 Å². The van der Waals surface area contributed by atoms with Gasteiger partial charge in [0.25, 0.3) is 0 Å². The molecule has 2 heterocycles. The van der Waals surface area contributed by atoms with Crippen molar-refractivity contribution in [3.8, 4) is 0 Å². The van der Waals surface area contributed by atoms with Crippen molar-refractivity contribution in [2.45, 2.75) is 13.0 Å². The molecule has 1 aliphatic rings. The smallest absolute Gasteiger partial charge is 0.338 e. The molecule has 1 aromatic heterocycles. The number of methoxy groups -OCH3 is 1. The molecular weight excluding hydrogens is 296 g/mol. The Morgan fingerprint density at radius 3 is 2.82 bits per heavy atom. The summed E-state index contributed by atoms with van der Waals surface area (Å²) in [7, 11) is 1.24. The van der Waals surface area contributed by atoms with Gasteiger partial charge in [0.15, 0.2) is 11.6 Å². The van der Waals surface area contributed by atoms with Gasteiger partial charge in [-0.25, -0.2) is 13.6 Å². The molecule has 7 nitrogen and oxygen atoms in total. The summed E-state index contributed by atoms with van der Waals surface area (Å²) in [6, 6.07) is 2.55. The number of aromatic nitrogens is 4. The topological polar surface area (TPSA) is 81.9 Å². The normalized spacial score (nSPS) is 17.0. The lowest BCUT2D eigenvalue weighted by molar-refractivity contribution is -0.136. The molecule has 0 bridgehead atoms. The molecule has 22 heavy (non-hydrogen) atoms. The van der Waals surface area contributed by atoms with Crippen LogP contribution in [0, 0.1) is 11.6 Å². The first-order chi connectivity index (χ1) is 10.5. The average Bonchev–Trinajstić information content (AvgIpc) is 2.95. The molecule has 2 aromatic rings. The Bertz CT molecular complexity index is 786. The lowest BCUT2D eigenvalue weighted by Crippen LogP contribution is -2.29. The number of carbonyl (C=O) groups is 1. The largest absolute Gasteiger partial charge is 0.466 e. The number of carbonyl (C=O) groups excluding carboxylic acids is 1. The summed E-state index contributed by atoms with van der Waals surface area (Å²) in [5.41, 5.74) is 1.02. The first-order valence-electron chi connectivity index (χ1n) is 6.32. The van der Waals surface area contributed by atoms with E-state index in [4.69, 9.17) is 4.74 Å². The van der Waals surface area contributed by atoms with Crippen LogP contribution in [0.2, 0.25) is 0 Å². The molecule has 1 aromatic carbocycles. The van der Waals surface area contributed by atoms with Crippen LogP contribution in [0.5, 0.6) is 0 Å². The van der Waals surface area contributed by atoms with Crippen molar-refractivity contribution >= 4 is 11.9 Å². The minimum Gasteiger partial charge on any atom is -0.466 e. The number of halogens is 2. The van der Waals surface area contributed by atoms with Crippen LogP contribution in [-0.4, -0.2) is 33.3 Å². The first-order valence-corrected chi connectivity index (χ1v) is 6.32. The van der Waals surface area contributed by atoms with Crippen LogP contribution in [0.4, 0.5) is 14.7 Å². The van der Waals surface area contributed by atoms with E-state index in [1.165, 1.54) is 17.9 Å². The SMILES string of the molecule is COC(=O)C1=C(C)Nc2nnnn2C1c1ccc(F)c(F)c1. The lowest BCUT2D eigenvalue weighted by Gasteiger charge is -2.27. The minimum atomic E-state index is -1.02. The molecule has 1 unspecified atom stereocenters. The van der Waals surface area contributed by atoms with E-state index in [1.807, 2.05) is 0 Å². The number of tetrazole rings is 1. The van der Waals surface area contributed by atoms with Crippen LogP contribution in [-0.2, 0) is 9.53 Å².